The van der Waals surface area contributed by atoms with Gasteiger partial charge in [0.1, 0.15) is 18.0 Å². The van der Waals surface area contributed by atoms with Crippen molar-refractivity contribution in [1.29, 1.82) is 0 Å². The van der Waals surface area contributed by atoms with E-state index in [4.69, 9.17) is 23.2 Å². The van der Waals surface area contributed by atoms with Gasteiger partial charge in [0.25, 0.3) is 11.8 Å². The lowest BCUT2D eigenvalue weighted by atomic mass is 9.98. The van der Waals surface area contributed by atoms with Gasteiger partial charge in [0.2, 0.25) is 5.91 Å². The molecule has 0 aromatic heterocycles. The van der Waals surface area contributed by atoms with Crippen LogP contribution in [0.1, 0.15) is 39.0 Å². The van der Waals surface area contributed by atoms with Crippen molar-refractivity contribution >= 4 is 40.9 Å². The summed E-state index contributed by atoms with van der Waals surface area (Å²) in [7, 11) is 0. The molecule has 8 nitrogen and oxygen atoms in total. The number of nitrogens with zero attached hydrogens (tertiary/aromatic N) is 1. The third kappa shape index (κ3) is 7.21. The predicted octanol–water partition coefficient (Wildman–Crippen LogP) is 4.27. The van der Waals surface area contributed by atoms with Gasteiger partial charge < -0.3 is 25.7 Å². The van der Waals surface area contributed by atoms with Crippen molar-refractivity contribution in [1.82, 2.24) is 15.5 Å². The number of hydrogen-bond acceptors (Lipinski definition) is 5. The summed E-state index contributed by atoms with van der Waals surface area (Å²) in [6, 6.07) is 14.4. The molecule has 11 heteroatoms. The van der Waals surface area contributed by atoms with Gasteiger partial charge in [-0.15, -0.1) is 0 Å². The van der Waals surface area contributed by atoms with Gasteiger partial charge >= 0.3 is 0 Å². The number of carbonyl (C=O) groups is 3. The number of nitrogens with one attached hydrogen (secondary N) is 2. The normalized spacial score (nSPS) is 17.9. The molecular formula is C31H32Cl2FN3O5. The summed E-state index contributed by atoms with van der Waals surface area (Å²) in [5, 5.41) is 27.6. The molecule has 3 aromatic carbocycles. The zero-order valence-corrected chi connectivity index (χ0v) is 24.6. The SMILES string of the molecule is Cc1cc(Cl)cc(Cl)c1CNC(=O)C1CC(F)CN1C(=O)C(O)C(Cc1ccccc1)NC(=O)c1cccc(O)c1C. The fraction of sp³-hybridized carbons (Fsp3) is 0.323. The second-order valence-corrected chi connectivity index (χ2v) is 11.2. The van der Waals surface area contributed by atoms with Crippen molar-refractivity contribution in [3.8, 4) is 5.75 Å². The number of aryl methyl sites for hydroxylation is 1. The highest BCUT2D eigenvalue weighted by molar-refractivity contribution is 6.35. The van der Waals surface area contributed by atoms with E-state index in [2.05, 4.69) is 10.6 Å². The first-order valence-corrected chi connectivity index (χ1v) is 14.2. The van der Waals surface area contributed by atoms with Crippen molar-refractivity contribution in [3.63, 3.8) is 0 Å². The standard InChI is InChI=1S/C31H32Cl2FN3O5/c1-17-11-20(32)13-24(33)23(17)15-35-30(41)26-14-21(34)16-37(26)31(42)28(39)25(12-19-7-4-3-5-8-19)36-29(40)22-9-6-10-27(38)18(22)2/h3-11,13,21,25-26,28,38-39H,12,14-16H2,1-2H3,(H,35,41)(H,36,40). The van der Waals surface area contributed by atoms with Gasteiger partial charge in [-0.2, -0.15) is 0 Å². The molecule has 4 atom stereocenters. The van der Waals surface area contributed by atoms with Crippen molar-refractivity contribution < 1.29 is 29.0 Å². The molecule has 1 saturated heterocycles. The first-order chi connectivity index (χ1) is 20.0. The van der Waals surface area contributed by atoms with Crippen LogP contribution in [0.3, 0.4) is 0 Å². The number of aliphatic hydroxyl groups is 1. The van der Waals surface area contributed by atoms with Crippen LogP contribution in [0.5, 0.6) is 5.75 Å². The molecule has 0 bridgehead atoms. The monoisotopic (exact) mass is 615 g/mol. The Hall–Kier alpha value is -3.66. The molecule has 4 N–H and O–H groups in total. The molecule has 0 spiro atoms. The molecule has 0 saturated carbocycles. The van der Waals surface area contributed by atoms with E-state index < -0.39 is 42.1 Å². The maximum atomic E-state index is 14.6. The summed E-state index contributed by atoms with van der Waals surface area (Å²) in [6.45, 7) is 3.02. The van der Waals surface area contributed by atoms with E-state index >= 15 is 0 Å². The van der Waals surface area contributed by atoms with Crippen LogP contribution in [0.4, 0.5) is 4.39 Å². The van der Waals surface area contributed by atoms with Gasteiger partial charge in [-0.3, -0.25) is 14.4 Å². The number of alkyl halides is 1. The second kappa shape index (κ2) is 13.5. The van der Waals surface area contributed by atoms with E-state index in [9.17, 15) is 29.0 Å². The largest absolute Gasteiger partial charge is 0.508 e. The van der Waals surface area contributed by atoms with Crippen LogP contribution in [0.2, 0.25) is 10.0 Å². The van der Waals surface area contributed by atoms with Crippen molar-refractivity contribution in [3.05, 3.63) is 98.5 Å². The highest BCUT2D eigenvalue weighted by Crippen LogP contribution is 2.27. The van der Waals surface area contributed by atoms with Crippen LogP contribution >= 0.6 is 23.2 Å². The smallest absolute Gasteiger partial charge is 0.254 e. The van der Waals surface area contributed by atoms with Crippen LogP contribution in [-0.4, -0.2) is 63.7 Å². The molecule has 1 heterocycles. The first kappa shape index (κ1) is 31.3. The maximum absolute atomic E-state index is 14.6. The number of carbonyl (C=O) groups excluding carboxylic acids is 3. The summed E-state index contributed by atoms with van der Waals surface area (Å²) in [4.78, 5) is 41.0. The topological polar surface area (TPSA) is 119 Å². The molecule has 1 aliphatic rings. The maximum Gasteiger partial charge on any atom is 0.254 e. The van der Waals surface area contributed by atoms with Crippen molar-refractivity contribution in [2.24, 2.45) is 0 Å². The third-order valence-corrected chi connectivity index (χ3v) is 8.01. The van der Waals surface area contributed by atoms with Crippen molar-refractivity contribution in [2.45, 2.75) is 57.6 Å². The molecule has 4 rings (SSSR count). The average molecular weight is 617 g/mol. The van der Waals surface area contributed by atoms with Gasteiger partial charge in [-0.1, -0.05) is 59.6 Å². The number of hydrogen-bond donors (Lipinski definition) is 4. The summed E-state index contributed by atoms with van der Waals surface area (Å²) in [5.41, 5.74) is 2.63. The number of phenolic OH excluding ortho intramolecular Hbond substituents is 1. The van der Waals surface area contributed by atoms with Gasteiger partial charge in [-0.25, -0.2) is 4.39 Å². The fourth-order valence-electron chi connectivity index (χ4n) is 5.09. The van der Waals surface area contributed by atoms with Crippen LogP contribution < -0.4 is 10.6 Å². The van der Waals surface area contributed by atoms with Gasteiger partial charge in [0, 0.05) is 34.1 Å². The molecule has 0 aliphatic carbocycles. The lowest BCUT2D eigenvalue weighted by Gasteiger charge is -2.30. The van der Waals surface area contributed by atoms with Gasteiger partial charge in [0.15, 0.2) is 6.10 Å². The predicted molar refractivity (Wildman–Crippen MR) is 158 cm³/mol. The second-order valence-electron chi connectivity index (χ2n) is 10.4. The first-order valence-electron chi connectivity index (χ1n) is 13.4. The minimum atomic E-state index is -1.79. The molecule has 4 unspecified atom stereocenters. The number of aliphatic hydroxyl groups excluding tert-OH is 1. The Balaban J connectivity index is 1.53. The number of benzene rings is 3. The molecule has 222 valence electrons. The highest BCUT2D eigenvalue weighted by atomic mass is 35.5. The number of amides is 3. The van der Waals surface area contributed by atoms with Crippen LogP contribution in [0, 0.1) is 13.8 Å². The number of phenols is 1. The van der Waals surface area contributed by atoms with Gasteiger partial charge in [-0.05, 0) is 61.2 Å². The Morgan fingerprint density at radius 3 is 2.48 bits per heavy atom. The third-order valence-electron chi connectivity index (χ3n) is 7.46. The van der Waals surface area contributed by atoms with Crippen LogP contribution in [0.25, 0.3) is 0 Å². The zero-order valence-electron chi connectivity index (χ0n) is 23.1. The fourth-order valence-corrected chi connectivity index (χ4v) is 5.76. The number of likely N-dealkylation sites (tertiary alicyclic amines) is 1. The lowest BCUT2D eigenvalue weighted by Crippen LogP contribution is -2.55. The molecule has 3 aromatic rings. The van der Waals surface area contributed by atoms with E-state index in [1.54, 1.807) is 50.2 Å². The number of halogens is 3. The zero-order chi connectivity index (χ0) is 30.6. The molecular weight excluding hydrogens is 584 g/mol. The Labute approximate surface area is 253 Å². The lowest BCUT2D eigenvalue weighted by molar-refractivity contribution is -0.146. The van der Waals surface area contributed by atoms with Gasteiger partial charge in [0.05, 0.1) is 12.6 Å². The number of aromatic hydroxyl groups is 1. The Kier molecular flexibility index (Phi) is 10.1. The molecule has 1 aliphatic heterocycles. The molecule has 0 radical (unpaired) electrons. The van der Waals surface area contributed by atoms with E-state index in [1.807, 2.05) is 6.07 Å². The minimum Gasteiger partial charge on any atom is -0.508 e. The molecule has 3 amide bonds. The molecule has 42 heavy (non-hydrogen) atoms. The summed E-state index contributed by atoms with van der Waals surface area (Å²) in [5.74, 6) is -2.16. The summed E-state index contributed by atoms with van der Waals surface area (Å²) in [6.07, 6.45) is -3.43. The Bertz CT molecular complexity index is 1450. The quantitative estimate of drug-likeness (QED) is 0.287. The van der Waals surface area contributed by atoms with Crippen molar-refractivity contribution in [2.75, 3.05) is 6.54 Å². The highest BCUT2D eigenvalue weighted by Gasteiger charge is 2.43. The summed E-state index contributed by atoms with van der Waals surface area (Å²) < 4.78 is 14.6. The Morgan fingerprint density at radius 1 is 1.07 bits per heavy atom. The Morgan fingerprint density at radius 2 is 1.79 bits per heavy atom. The van der Waals surface area contributed by atoms with E-state index in [0.717, 1.165) is 16.0 Å². The van der Waals surface area contributed by atoms with E-state index in [1.165, 1.54) is 18.2 Å². The van der Waals surface area contributed by atoms with E-state index in [-0.39, 0.29) is 37.2 Å². The van der Waals surface area contributed by atoms with Crippen LogP contribution in [0.15, 0.2) is 60.7 Å². The van der Waals surface area contributed by atoms with E-state index in [0.29, 0.717) is 21.2 Å². The van der Waals surface area contributed by atoms with Crippen LogP contribution in [-0.2, 0) is 22.6 Å². The molecule has 1 fully saturated rings. The average Bonchev–Trinajstić information content (AvgIpc) is 3.34. The minimum absolute atomic E-state index is 0.0364. The summed E-state index contributed by atoms with van der Waals surface area (Å²) >= 11 is 12.3. The number of rotatable bonds is 9.